The van der Waals surface area contributed by atoms with E-state index in [4.69, 9.17) is 11.6 Å². The van der Waals surface area contributed by atoms with E-state index in [2.05, 4.69) is 20.6 Å². The molecule has 0 radical (unpaired) electrons. The normalized spacial score (nSPS) is 13.7. The lowest BCUT2D eigenvalue weighted by Gasteiger charge is -2.12. The van der Waals surface area contributed by atoms with Crippen LogP contribution in [0.5, 0.6) is 0 Å². The summed E-state index contributed by atoms with van der Waals surface area (Å²) in [6, 6.07) is 7.56. The molecule has 5 nitrogen and oxygen atoms in total. The third-order valence-electron chi connectivity index (χ3n) is 3.83. The lowest BCUT2D eigenvalue weighted by atomic mass is 10.1. The fourth-order valence-electron chi connectivity index (χ4n) is 2.42. The zero-order valence-corrected chi connectivity index (χ0v) is 13.9. The summed E-state index contributed by atoms with van der Waals surface area (Å²) in [6.07, 6.45) is 2.21. The first-order valence-electron chi connectivity index (χ1n) is 7.67. The Morgan fingerprint density at radius 3 is 2.61 bits per heavy atom. The predicted molar refractivity (Wildman–Crippen MR) is 92.1 cm³/mol. The number of benzene rings is 1. The molecule has 1 aliphatic carbocycles. The van der Waals surface area contributed by atoms with Crippen molar-refractivity contribution in [1.82, 2.24) is 9.97 Å². The van der Waals surface area contributed by atoms with E-state index < -0.39 is 0 Å². The molecule has 0 unspecified atom stereocenters. The van der Waals surface area contributed by atoms with Crippen LogP contribution in [0.4, 0.5) is 11.5 Å². The van der Waals surface area contributed by atoms with Crippen LogP contribution in [0, 0.1) is 13.8 Å². The van der Waals surface area contributed by atoms with Gasteiger partial charge in [-0.15, -0.1) is 0 Å². The Morgan fingerprint density at radius 2 is 1.96 bits per heavy atom. The molecule has 3 rings (SSSR count). The number of nitrogens with zero attached hydrogens (tertiary/aromatic N) is 2. The van der Waals surface area contributed by atoms with Gasteiger partial charge in [0.15, 0.2) is 0 Å². The number of hydrogen-bond donors (Lipinski definition) is 2. The van der Waals surface area contributed by atoms with Gasteiger partial charge in [0.1, 0.15) is 16.8 Å². The van der Waals surface area contributed by atoms with Crippen molar-refractivity contribution in [3.05, 3.63) is 46.4 Å². The molecule has 1 fully saturated rings. The van der Waals surface area contributed by atoms with Gasteiger partial charge in [0.2, 0.25) is 5.91 Å². The Kier molecular flexibility index (Phi) is 4.48. The molecule has 2 N–H and O–H groups in total. The van der Waals surface area contributed by atoms with Crippen molar-refractivity contribution in [3.8, 4) is 0 Å². The largest absolute Gasteiger partial charge is 0.361 e. The second-order valence-corrected chi connectivity index (χ2v) is 6.26. The minimum absolute atomic E-state index is 0.120. The third-order valence-corrected chi connectivity index (χ3v) is 4.02. The number of rotatable bonds is 5. The Morgan fingerprint density at radius 1 is 1.26 bits per heavy atom. The summed E-state index contributed by atoms with van der Waals surface area (Å²) >= 11 is 6.02. The molecule has 0 saturated heterocycles. The fraction of sp³-hybridized carbons (Fsp3) is 0.353. The molecule has 1 aliphatic rings. The first kappa shape index (κ1) is 15.7. The summed E-state index contributed by atoms with van der Waals surface area (Å²) in [5, 5.41) is 6.36. The van der Waals surface area contributed by atoms with Crippen LogP contribution in [0.2, 0.25) is 5.15 Å². The third kappa shape index (κ3) is 3.99. The quantitative estimate of drug-likeness (QED) is 0.821. The second-order valence-electron chi connectivity index (χ2n) is 5.88. The standard InChI is InChI=1S/C17H19ClN4O/c1-10-4-3-5-11(2)16(10)22-15(23)9-19-14-8-13(18)20-17(21-14)12-6-7-12/h3-5,8,12H,6-7,9H2,1-2H3,(H,22,23)(H,19,20,21). The van der Waals surface area contributed by atoms with Crippen molar-refractivity contribution in [2.75, 3.05) is 17.2 Å². The number of aryl methyl sites for hydroxylation is 2. The number of halogens is 1. The van der Waals surface area contributed by atoms with Gasteiger partial charge in [-0.1, -0.05) is 29.8 Å². The van der Waals surface area contributed by atoms with E-state index in [1.807, 2.05) is 32.0 Å². The van der Waals surface area contributed by atoms with E-state index in [1.54, 1.807) is 6.07 Å². The van der Waals surface area contributed by atoms with Crippen molar-refractivity contribution in [1.29, 1.82) is 0 Å². The van der Waals surface area contributed by atoms with Crippen LogP contribution in [0.25, 0.3) is 0 Å². The Labute approximate surface area is 140 Å². The highest BCUT2D eigenvalue weighted by atomic mass is 35.5. The number of para-hydroxylation sites is 1. The molecule has 120 valence electrons. The van der Waals surface area contributed by atoms with Gasteiger partial charge in [-0.3, -0.25) is 4.79 Å². The number of hydrogen-bond acceptors (Lipinski definition) is 4. The summed E-state index contributed by atoms with van der Waals surface area (Å²) in [5.74, 6) is 1.64. The second kappa shape index (κ2) is 6.54. The highest BCUT2D eigenvalue weighted by Gasteiger charge is 2.27. The minimum Gasteiger partial charge on any atom is -0.361 e. The maximum absolute atomic E-state index is 12.2. The van der Waals surface area contributed by atoms with E-state index in [0.717, 1.165) is 35.5 Å². The predicted octanol–water partition coefficient (Wildman–Crippen LogP) is 3.67. The summed E-state index contributed by atoms with van der Waals surface area (Å²) < 4.78 is 0. The number of carbonyl (C=O) groups is 1. The Bertz CT molecular complexity index is 723. The van der Waals surface area contributed by atoms with Crippen LogP contribution in [0.3, 0.4) is 0 Å². The first-order chi connectivity index (χ1) is 11.0. The van der Waals surface area contributed by atoms with Gasteiger partial charge in [0.25, 0.3) is 0 Å². The van der Waals surface area contributed by atoms with Crippen LogP contribution in [0.15, 0.2) is 24.3 Å². The summed E-state index contributed by atoms with van der Waals surface area (Å²) in [6.45, 7) is 4.08. The van der Waals surface area contributed by atoms with Gasteiger partial charge in [-0.05, 0) is 37.8 Å². The highest BCUT2D eigenvalue weighted by Crippen LogP contribution is 2.38. The Hall–Kier alpha value is -2.14. The average Bonchev–Trinajstić information content (AvgIpc) is 3.33. The van der Waals surface area contributed by atoms with Crippen LogP contribution in [-0.4, -0.2) is 22.4 Å². The lowest BCUT2D eigenvalue weighted by Crippen LogP contribution is -2.23. The molecule has 0 aliphatic heterocycles. The molecule has 1 heterocycles. The average molecular weight is 331 g/mol. The van der Waals surface area contributed by atoms with Crippen LogP contribution in [0.1, 0.15) is 35.7 Å². The molecular formula is C17H19ClN4O. The molecule has 23 heavy (non-hydrogen) atoms. The highest BCUT2D eigenvalue weighted by molar-refractivity contribution is 6.29. The molecule has 1 amide bonds. The van der Waals surface area contributed by atoms with Crippen molar-refractivity contribution in [2.45, 2.75) is 32.6 Å². The topological polar surface area (TPSA) is 66.9 Å². The smallest absolute Gasteiger partial charge is 0.243 e. The summed E-state index contributed by atoms with van der Waals surface area (Å²) in [5.41, 5.74) is 2.94. The Balaban J connectivity index is 1.63. The molecule has 1 aromatic heterocycles. The molecule has 0 spiro atoms. The van der Waals surface area contributed by atoms with Crippen LogP contribution < -0.4 is 10.6 Å². The van der Waals surface area contributed by atoms with E-state index in [0.29, 0.717) is 16.9 Å². The van der Waals surface area contributed by atoms with Crippen molar-refractivity contribution < 1.29 is 4.79 Å². The maximum Gasteiger partial charge on any atom is 0.243 e. The van der Waals surface area contributed by atoms with Crippen molar-refractivity contribution >= 4 is 29.0 Å². The number of amides is 1. The molecular weight excluding hydrogens is 312 g/mol. The number of anilines is 2. The van der Waals surface area contributed by atoms with Gasteiger partial charge < -0.3 is 10.6 Å². The first-order valence-corrected chi connectivity index (χ1v) is 8.05. The molecule has 6 heteroatoms. The van der Waals surface area contributed by atoms with E-state index >= 15 is 0 Å². The van der Waals surface area contributed by atoms with Gasteiger partial charge in [0.05, 0.1) is 6.54 Å². The molecule has 1 saturated carbocycles. The minimum atomic E-state index is -0.120. The number of nitrogens with one attached hydrogen (secondary N) is 2. The zero-order chi connectivity index (χ0) is 16.4. The van der Waals surface area contributed by atoms with Gasteiger partial charge in [-0.25, -0.2) is 9.97 Å². The van der Waals surface area contributed by atoms with E-state index in [1.165, 1.54) is 0 Å². The van der Waals surface area contributed by atoms with Gasteiger partial charge in [0, 0.05) is 17.7 Å². The van der Waals surface area contributed by atoms with Crippen molar-refractivity contribution in [3.63, 3.8) is 0 Å². The van der Waals surface area contributed by atoms with Gasteiger partial charge in [-0.2, -0.15) is 0 Å². The zero-order valence-electron chi connectivity index (χ0n) is 13.2. The molecule has 1 aromatic carbocycles. The number of aromatic nitrogens is 2. The molecule has 0 atom stereocenters. The monoisotopic (exact) mass is 330 g/mol. The van der Waals surface area contributed by atoms with E-state index in [9.17, 15) is 4.79 Å². The summed E-state index contributed by atoms with van der Waals surface area (Å²) in [7, 11) is 0. The maximum atomic E-state index is 12.2. The molecule has 0 bridgehead atoms. The van der Waals surface area contributed by atoms with Gasteiger partial charge >= 0.3 is 0 Å². The van der Waals surface area contributed by atoms with E-state index in [-0.39, 0.29) is 12.5 Å². The van der Waals surface area contributed by atoms with Crippen LogP contribution in [-0.2, 0) is 4.79 Å². The summed E-state index contributed by atoms with van der Waals surface area (Å²) in [4.78, 5) is 20.8. The fourth-order valence-corrected chi connectivity index (χ4v) is 2.61. The SMILES string of the molecule is Cc1cccc(C)c1NC(=O)CNc1cc(Cl)nc(C2CC2)n1. The lowest BCUT2D eigenvalue weighted by molar-refractivity contribution is -0.114. The van der Waals surface area contributed by atoms with Crippen LogP contribution >= 0.6 is 11.6 Å². The van der Waals surface area contributed by atoms with Crippen molar-refractivity contribution in [2.24, 2.45) is 0 Å². The molecule has 2 aromatic rings. The number of carbonyl (C=O) groups excluding carboxylic acids is 1.